The van der Waals surface area contributed by atoms with Crippen LogP contribution in [0, 0.1) is 5.41 Å². The molecule has 1 aromatic heterocycles. The predicted molar refractivity (Wildman–Crippen MR) is 57.3 cm³/mol. The van der Waals surface area contributed by atoms with Crippen LogP contribution < -0.4 is 0 Å². The number of nitrogens with zero attached hydrogens (tertiary/aromatic N) is 3. The van der Waals surface area contributed by atoms with Crippen LogP contribution in [0.1, 0.15) is 37.8 Å². The highest BCUT2D eigenvalue weighted by atomic mass is 16.3. The minimum absolute atomic E-state index is 0.0777. The molecular weight excluding hydrogens is 190 g/mol. The van der Waals surface area contributed by atoms with Crippen LogP contribution in [0.5, 0.6) is 0 Å². The van der Waals surface area contributed by atoms with E-state index < -0.39 is 0 Å². The highest BCUT2D eigenvalue weighted by Crippen LogP contribution is 2.38. The second-order valence-electron chi connectivity index (χ2n) is 4.78. The van der Waals surface area contributed by atoms with Gasteiger partial charge in [-0.3, -0.25) is 4.68 Å². The van der Waals surface area contributed by atoms with Gasteiger partial charge in [0.2, 0.25) is 0 Å². The Labute approximate surface area is 90.3 Å². The monoisotopic (exact) mass is 209 g/mol. The average Bonchev–Trinajstić information content (AvgIpc) is 2.65. The third-order valence-corrected chi connectivity index (χ3v) is 3.46. The maximum Gasteiger partial charge on any atom is 0.0833 e. The summed E-state index contributed by atoms with van der Waals surface area (Å²) in [5.41, 5.74) is 1.09. The molecule has 1 N–H and O–H groups in total. The molecule has 1 aliphatic rings. The summed E-state index contributed by atoms with van der Waals surface area (Å²) in [6, 6.07) is 0. The lowest BCUT2D eigenvalue weighted by Gasteiger charge is -2.34. The van der Waals surface area contributed by atoms with Gasteiger partial charge in [0.15, 0.2) is 0 Å². The fourth-order valence-electron chi connectivity index (χ4n) is 2.55. The van der Waals surface area contributed by atoms with Crippen molar-refractivity contribution in [3.8, 4) is 0 Å². The van der Waals surface area contributed by atoms with E-state index in [0.717, 1.165) is 25.0 Å². The van der Waals surface area contributed by atoms with E-state index in [-0.39, 0.29) is 12.0 Å². The zero-order chi connectivity index (χ0) is 10.7. The van der Waals surface area contributed by atoms with E-state index in [2.05, 4.69) is 10.3 Å². The van der Waals surface area contributed by atoms with Crippen molar-refractivity contribution in [1.29, 1.82) is 0 Å². The van der Waals surface area contributed by atoms with Crippen molar-refractivity contribution in [1.82, 2.24) is 15.0 Å². The summed E-state index contributed by atoms with van der Waals surface area (Å²) in [7, 11) is 1.88. The molecule has 0 amide bonds. The summed E-state index contributed by atoms with van der Waals surface area (Å²) in [5, 5.41) is 17.6. The zero-order valence-corrected chi connectivity index (χ0v) is 9.32. The number of aliphatic hydroxyl groups is 1. The third-order valence-electron chi connectivity index (χ3n) is 3.46. The van der Waals surface area contributed by atoms with Gasteiger partial charge in [-0.2, -0.15) is 0 Å². The lowest BCUT2D eigenvalue weighted by Crippen LogP contribution is -2.30. The molecule has 0 unspecified atom stereocenters. The molecular formula is C11H19N3O. The standard InChI is InChI=1S/C11H19N3O/c1-14-8-10(12-13-14)7-11(9-15)5-3-2-4-6-11/h8,15H,2-7,9H2,1H3. The Bertz CT molecular complexity index is 315. The van der Waals surface area contributed by atoms with E-state index in [4.69, 9.17) is 0 Å². The molecule has 1 fully saturated rings. The Morgan fingerprint density at radius 1 is 1.40 bits per heavy atom. The molecule has 84 valence electrons. The van der Waals surface area contributed by atoms with Crippen LogP contribution >= 0.6 is 0 Å². The maximum absolute atomic E-state index is 9.55. The Morgan fingerprint density at radius 2 is 2.13 bits per heavy atom. The molecule has 0 aliphatic heterocycles. The van der Waals surface area contributed by atoms with Crippen molar-refractivity contribution >= 4 is 0 Å². The van der Waals surface area contributed by atoms with Crippen molar-refractivity contribution in [2.24, 2.45) is 12.5 Å². The predicted octanol–water partition coefficient (Wildman–Crippen LogP) is 1.30. The molecule has 0 atom stereocenters. The van der Waals surface area contributed by atoms with Crippen LogP contribution in [0.3, 0.4) is 0 Å². The van der Waals surface area contributed by atoms with Crippen molar-refractivity contribution in [3.63, 3.8) is 0 Å². The molecule has 0 bridgehead atoms. The highest BCUT2D eigenvalue weighted by Gasteiger charge is 2.32. The molecule has 4 heteroatoms. The van der Waals surface area contributed by atoms with Gasteiger partial charge in [-0.15, -0.1) is 5.10 Å². The van der Waals surface area contributed by atoms with Crippen LogP contribution in [-0.2, 0) is 13.5 Å². The smallest absolute Gasteiger partial charge is 0.0833 e. The largest absolute Gasteiger partial charge is 0.396 e. The summed E-state index contributed by atoms with van der Waals surface area (Å²) in [6.45, 7) is 0.281. The summed E-state index contributed by atoms with van der Waals surface area (Å²) in [5.74, 6) is 0. The Balaban J connectivity index is 2.06. The number of hydrogen-bond acceptors (Lipinski definition) is 3. The van der Waals surface area contributed by atoms with Crippen LogP contribution in [0.25, 0.3) is 0 Å². The van der Waals surface area contributed by atoms with Crippen molar-refractivity contribution in [3.05, 3.63) is 11.9 Å². The maximum atomic E-state index is 9.55. The average molecular weight is 209 g/mol. The molecule has 0 radical (unpaired) electrons. The lowest BCUT2D eigenvalue weighted by atomic mass is 9.72. The number of aliphatic hydroxyl groups excluding tert-OH is 1. The first-order chi connectivity index (χ1) is 7.24. The molecule has 15 heavy (non-hydrogen) atoms. The minimum Gasteiger partial charge on any atom is -0.396 e. The number of hydrogen-bond donors (Lipinski definition) is 1. The van der Waals surface area contributed by atoms with Gasteiger partial charge in [-0.25, -0.2) is 0 Å². The van der Waals surface area contributed by atoms with E-state index in [1.807, 2.05) is 13.2 Å². The van der Waals surface area contributed by atoms with Gasteiger partial charge >= 0.3 is 0 Å². The van der Waals surface area contributed by atoms with Gasteiger partial charge in [0, 0.05) is 26.3 Å². The topological polar surface area (TPSA) is 50.9 Å². The second kappa shape index (κ2) is 4.31. The first kappa shape index (κ1) is 10.6. The normalized spacial score (nSPS) is 20.4. The summed E-state index contributed by atoms with van der Waals surface area (Å²) < 4.78 is 1.73. The van der Waals surface area contributed by atoms with Gasteiger partial charge in [-0.05, 0) is 18.3 Å². The zero-order valence-electron chi connectivity index (χ0n) is 9.32. The van der Waals surface area contributed by atoms with E-state index in [1.165, 1.54) is 19.3 Å². The van der Waals surface area contributed by atoms with Gasteiger partial charge in [0.25, 0.3) is 0 Å². The number of rotatable bonds is 3. The van der Waals surface area contributed by atoms with Crippen molar-refractivity contribution in [2.45, 2.75) is 38.5 Å². The molecule has 1 aromatic rings. The lowest BCUT2D eigenvalue weighted by molar-refractivity contribution is 0.0814. The molecule has 0 saturated heterocycles. The fraction of sp³-hybridized carbons (Fsp3) is 0.818. The van der Waals surface area contributed by atoms with Crippen LogP contribution in [-0.4, -0.2) is 26.7 Å². The van der Waals surface area contributed by atoms with Crippen LogP contribution in [0.15, 0.2) is 6.20 Å². The van der Waals surface area contributed by atoms with Crippen LogP contribution in [0.4, 0.5) is 0 Å². The van der Waals surface area contributed by atoms with Crippen LogP contribution in [0.2, 0.25) is 0 Å². The Morgan fingerprint density at radius 3 is 2.67 bits per heavy atom. The highest BCUT2D eigenvalue weighted by molar-refractivity contribution is 4.99. The van der Waals surface area contributed by atoms with E-state index >= 15 is 0 Å². The second-order valence-corrected chi connectivity index (χ2v) is 4.78. The SMILES string of the molecule is Cn1cc(CC2(CO)CCCCC2)nn1. The van der Waals surface area contributed by atoms with E-state index in [1.54, 1.807) is 4.68 Å². The Kier molecular flexibility index (Phi) is 3.05. The molecule has 2 rings (SSSR count). The van der Waals surface area contributed by atoms with Crippen molar-refractivity contribution in [2.75, 3.05) is 6.61 Å². The third kappa shape index (κ3) is 2.37. The molecule has 0 aromatic carbocycles. The molecule has 1 aliphatic carbocycles. The molecule has 4 nitrogen and oxygen atoms in total. The molecule has 0 spiro atoms. The van der Waals surface area contributed by atoms with Gasteiger partial charge in [0.05, 0.1) is 5.69 Å². The van der Waals surface area contributed by atoms with Gasteiger partial charge in [0.1, 0.15) is 0 Å². The minimum atomic E-state index is 0.0777. The number of aromatic nitrogens is 3. The first-order valence-electron chi connectivity index (χ1n) is 5.70. The van der Waals surface area contributed by atoms with Crippen molar-refractivity contribution < 1.29 is 5.11 Å². The van der Waals surface area contributed by atoms with E-state index in [9.17, 15) is 5.11 Å². The quantitative estimate of drug-likeness (QED) is 0.816. The summed E-state index contributed by atoms with van der Waals surface area (Å²) in [6.07, 6.45) is 8.85. The fourth-order valence-corrected chi connectivity index (χ4v) is 2.55. The van der Waals surface area contributed by atoms with Gasteiger partial charge < -0.3 is 5.11 Å². The number of aryl methyl sites for hydroxylation is 1. The van der Waals surface area contributed by atoms with Gasteiger partial charge in [-0.1, -0.05) is 24.5 Å². The molecule has 1 saturated carbocycles. The first-order valence-corrected chi connectivity index (χ1v) is 5.70. The summed E-state index contributed by atoms with van der Waals surface area (Å²) >= 11 is 0. The summed E-state index contributed by atoms with van der Waals surface area (Å²) in [4.78, 5) is 0. The van der Waals surface area contributed by atoms with E-state index in [0.29, 0.717) is 0 Å². The molecule has 1 heterocycles. The Hall–Kier alpha value is -0.900.